The molecule has 1 fully saturated rings. The van der Waals surface area contributed by atoms with E-state index in [1.807, 2.05) is 31.2 Å². The molecule has 1 heterocycles. The van der Waals surface area contributed by atoms with Crippen LogP contribution in [0.15, 0.2) is 28.8 Å². The van der Waals surface area contributed by atoms with Crippen molar-refractivity contribution in [3.05, 3.63) is 41.5 Å². The van der Waals surface area contributed by atoms with Crippen LogP contribution in [-0.2, 0) is 5.54 Å². The lowest BCUT2D eigenvalue weighted by Gasteiger charge is -2.28. The molecule has 0 bridgehead atoms. The van der Waals surface area contributed by atoms with Crippen molar-refractivity contribution in [3.8, 4) is 5.75 Å². The van der Waals surface area contributed by atoms with Crippen molar-refractivity contribution in [2.24, 2.45) is 0 Å². The minimum atomic E-state index is -0.601. The minimum absolute atomic E-state index is 0.248. The Hall–Kier alpha value is -1.92. The minimum Gasteiger partial charge on any atom is -0.491 e. The van der Waals surface area contributed by atoms with Gasteiger partial charge in [-0.15, -0.1) is 0 Å². The van der Waals surface area contributed by atoms with Gasteiger partial charge in [-0.3, -0.25) is 0 Å². The maximum absolute atomic E-state index is 10.3. The summed E-state index contributed by atoms with van der Waals surface area (Å²) in [5.41, 5.74) is 0.847. The number of ether oxygens (including phenoxy) is 1. The van der Waals surface area contributed by atoms with Gasteiger partial charge in [0, 0.05) is 13.5 Å². The van der Waals surface area contributed by atoms with Crippen LogP contribution in [0.1, 0.15) is 43.0 Å². The molecule has 1 aliphatic carbocycles. The molecule has 24 heavy (non-hydrogen) atoms. The second kappa shape index (κ2) is 7.32. The summed E-state index contributed by atoms with van der Waals surface area (Å²) in [6.45, 7) is 4.49. The predicted octanol–water partition coefficient (Wildman–Crippen LogP) is 2.49. The van der Waals surface area contributed by atoms with Crippen LogP contribution in [0.4, 0.5) is 0 Å². The van der Waals surface area contributed by atoms with E-state index >= 15 is 0 Å². The molecular formula is C18H25N3O3. The molecule has 0 spiro atoms. The van der Waals surface area contributed by atoms with Crippen molar-refractivity contribution in [1.82, 2.24) is 15.5 Å². The Kier molecular flexibility index (Phi) is 5.16. The fourth-order valence-electron chi connectivity index (χ4n) is 3.22. The van der Waals surface area contributed by atoms with Crippen LogP contribution < -0.4 is 10.1 Å². The number of aliphatic hydroxyl groups is 1. The third kappa shape index (κ3) is 3.94. The Labute approximate surface area is 142 Å². The van der Waals surface area contributed by atoms with Gasteiger partial charge in [-0.25, -0.2) is 0 Å². The van der Waals surface area contributed by atoms with Crippen molar-refractivity contribution in [2.45, 2.75) is 51.2 Å². The van der Waals surface area contributed by atoms with Gasteiger partial charge >= 0.3 is 0 Å². The number of aryl methyl sites for hydroxylation is 2. The quantitative estimate of drug-likeness (QED) is 0.811. The Morgan fingerprint density at radius 1 is 1.33 bits per heavy atom. The highest BCUT2D eigenvalue weighted by molar-refractivity contribution is 5.27. The van der Waals surface area contributed by atoms with Crippen LogP contribution in [0.3, 0.4) is 0 Å². The lowest BCUT2D eigenvalue weighted by Crippen LogP contribution is -2.45. The molecule has 6 nitrogen and oxygen atoms in total. The standard InChI is InChI=1S/C18H25N3O3/c1-13-6-5-7-16(10-13)23-12-15(22)11-19-18(8-3-4-9-18)17-20-14(2)24-21-17/h5-7,10,15,19,22H,3-4,8-9,11-12H2,1-2H3. The highest BCUT2D eigenvalue weighted by Gasteiger charge is 2.39. The maximum Gasteiger partial charge on any atom is 0.223 e. The maximum atomic E-state index is 10.3. The number of nitrogens with one attached hydrogen (secondary N) is 1. The summed E-state index contributed by atoms with van der Waals surface area (Å²) < 4.78 is 10.8. The first-order chi connectivity index (χ1) is 11.6. The molecule has 0 saturated heterocycles. The summed E-state index contributed by atoms with van der Waals surface area (Å²) in [6, 6.07) is 7.82. The van der Waals surface area contributed by atoms with Gasteiger partial charge in [0.05, 0.1) is 5.54 Å². The first kappa shape index (κ1) is 16.9. The number of aliphatic hydroxyl groups excluding tert-OH is 1. The van der Waals surface area contributed by atoms with E-state index in [1.165, 1.54) is 0 Å². The lowest BCUT2D eigenvalue weighted by molar-refractivity contribution is 0.0950. The van der Waals surface area contributed by atoms with Gasteiger partial charge in [-0.2, -0.15) is 4.98 Å². The zero-order valence-electron chi connectivity index (χ0n) is 14.3. The van der Waals surface area contributed by atoms with Gasteiger partial charge < -0.3 is 19.7 Å². The van der Waals surface area contributed by atoms with E-state index in [0.717, 1.165) is 37.0 Å². The van der Waals surface area contributed by atoms with E-state index in [-0.39, 0.29) is 12.1 Å². The van der Waals surface area contributed by atoms with Crippen LogP contribution in [0, 0.1) is 13.8 Å². The highest BCUT2D eigenvalue weighted by Crippen LogP contribution is 2.37. The summed E-state index contributed by atoms with van der Waals surface area (Å²) in [6.07, 6.45) is 3.55. The SMILES string of the molecule is Cc1cccc(OCC(O)CNC2(c3noc(C)n3)CCCC2)c1. The molecule has 0 aliphatic heterocycles. The fraction of sp³-hybridized carbons (Fsp3) is 0.556. The van der Waals surface area contributed by atoms with Gasteiger partial charge in [0.2, 0.25) is 5.89 Å². The summed E-state index contributed by atoms with van der Waals surface area (Å²) in [7, 11) is 0. The monoisotopic (exact) mass is 331 g/mol. The Morgan fingerprint density at radius 3 is 2.79 bits per heavy atom. The molecule has 1 unspecified atom stereocenters. The highest BCUT2D eigenvalue weighted by atomic mass is 16.5. The number of aromatic nitrogens is 2. The first-order valence-corrected chi connectivity index (χ1v) is 8.51. The molecule has 1 atom stereocenters. The molecule has 1 aromatic heterocycles. The van der Waals surface area contributed by atoms with Crippen molar-refractivity contribution in [2.75, 3.05) is 13.2 Å². The fourth-order valence-corrected chi connectivity index (χ4v) is 3.22. The first-order valence-electron chi connectivity index (χ1n) is 8.51. The van der Waals surface area contributed by atoms with Gasteiger partial charge in [0.25, 0.3) is 0 Å². The smallest absolute Gasteiger partial charge is 0.223 e. The Morgan fingerprint density at radius 2 is 2.12 bits per heavy atom. The van der Waals surface area contributed by atoms with E-state index in [4.69, 9.17) is 9.26 Å². The molecule has 6 heteroatoms. The molecule has 1 aromatic carbocycles. The molecule has 3 rings (SSSR count). The number of benzene rings is 1. The second-order valence-electron chi connectivity index (χ2n) is 6.59. The van der Waals surface area contributed by atoms with Gasteiger partial charge in [0.15, 0.2) is 5.82 Å². The van der Waals surface area contributed by atoms with Crippen LogP contribution in [-0.4, -0.2) is 34.5 Å². The van der Waals surface area contributed by atoms with Crippen LogP contribution >= 0.6 is 0 Å². The normalized spacial score (nSPS) is 17.8. The summed E-state index contributed by atoms with van der Waals surface area (Å²) in [4.78, 5) is 4.39. The summed E-state index contributed by atoms with van der Waals surface area (Å²) in [5.74, 6) is 2.05. The average Bonchev–Trinajstić information content (AvgIpc) is 3.21. The largest absolute Gasteiger partial charge is 0.491 e. The second-order valence-corrected chi connectivity index (χ2v) is 6.59. The molecule has 2 aromatic rings. The van der Waals surface area contributed by atoms with Crippen molar-refractivity contribution in [3.63, 3.8) is 0 Å². The third-order valence-corrected chi connectivity index (χ3v) is 4.52. The summed E-state index contributed by atoms with van der Waals surface area (Å²) in [5, 5.41) is 17.8. The number of hydrogen-bond donors (Lipinski definition) is 2. The van der Waals surface area contributed by atoms with Crippen molar-refractivity contribution >= 4 is 0 Å². The molecule has 1 saturated carbocycles. The van der Waals surface area contributed by atoms with Crippen LogP contribution in [0.5, 0.6) is 5.75 Å². The van der Waals surface area contributed by atoms with Gasteiger partial charge in [0.1, 0.15) is 18.5 Å². The predicted molar refractivity (Wildman–Crippen MR) is 89.9 cm³/mol. The molecule has 0 amide bonds. The Bertz CT molecular complexity index is 665. The van der Waals surface area contributed by atoms with Crippen molar-refractivity contribution < 1.29 is 14.4 Å². The number of hydrogen-bond acceptors (Lipinski definition) is 6. The van der Waals surface area contributed by atoms with E-state index in [1.54, 1.807) is 6.92 Å². The topological polar surface area (TPSA) is 80.4 Å². The van der Waals surface area contributed by atoms with Crippen LogP contribution in [0.2, 0.25) is 0 Å². The zero-order valence-corrected chi connectivity index (χ0v) is 14.3. The van der Waals surface area contributed by atoms with Crippen LogP contribution in [0.25, 0.3) is 0 Å². The zero-order chi connectivity index (χ0) is 17.0. The Balaban J connectivity index is 1.55. The van der Waals surface area contributed by atoms with E-state index in [0.29, 0.717) is 18.3 Å². The van der Waals surface area contributed by atoms with E-state index in [9.17, 15) is 5.11 Å². The molecule has 0 radical (unpaired) electrons. The summed E-state index contributed by atoms with van der Waals surface area (Å²) >= 11 is 0. The van der Waals surface area contributed by atoms with E-state index in [2.05, 4.69) is 15.5 Å². The van der Waals surface area contributed by atoms with Gasteiger partial charge in [-0.05, 0) is 37.5 Å². The van der Waals surface area contributed by atoms with Crippen molar-refractivity contribution in [1.29, 1.82) is 0 Å². The third-order valence-electron chi connectivity index (χ3n) is 4.52. The lowest BCUT2D eigenvalue weighted by atomic mass is 9.96. The number of nitrogens with zero attached hydrogens (tertiary/aromatic N) is 2. The molecule has 2 N–H and O–H groups in total. The molecule has 1 aliphatic rings. The number of rotatable bonds is 7. The molecule has 130 valence electrons. The average molecular weight is 331 g/mol. The van der Waals surface area contributed by atoms with Gasteiger partial charge in [-0.1, -0.05) is 30.1 Å². The molecular weight excluding hydrogens is 306 g/mol. The van der Waals surface area contributed by atoms with E-state index < -0.39 is 6.10 Å².